The Morgan fingerprint density at radius 1 is 0.786 bits per heavy atom. The van der Waals surface area contributed by atoms with Crippen molar-refractivity contribution in [1.29, 1.82) is 0 Å². The highest BCUT2D eigenvalue weighted by Gasteiger charge is 2.31. The molecule has 0 radical (unpaired) electrons. The van der Waals surface area contributed by atoms with Crippen LogP contribution in [0, 0.1) is 0 Å². The number of hydrogen-bond donors (Lipinski definition) is 1. The van der Waals surface area contributed by atoms with Crippen LogP contribution in [0.4, 0.5) is 32.0 Å². The van der Waals surface area contributed by atoms with Gasteiger partial charge in [-0.25, -0.2) is 4.79 Å². The maximum Gasteiger partial charge on any atom is 0.416 e. The van der Waals surface area contributed by atoms with Crippen LogP contribution < -0.4 is 5.32 Å². The van der Waals surface area contributed by atoms with Crippen LogP contribution in [-0.4, -0.2) is 43.0 Å². The van der Waals surface area contributed by atoms with Crippen LogP contribution in [0.3, 0.4) is 0 Å². The summed E-state index contributed by atoms with van der Waals surface area (Å²) in [6.45, 7) is -1.65. The van der Waals surface area contributed by atoms with Crippen molar-refractivity contribution in [2.45, 2.75) is 25.4 Å². The summed E-state index contributed by atoms with van der Waals surface area (Å²) in [6.07, 6.45) is -9.13. The summed E-state index contributed by atoms with van der Waals surface area (Å²) in [5.74, 6) is -2.18. The van der Waals surface area contributed by atoms with Gasteiger partial charge < -0.3 is 19.7 Å². The average Bonchev–Trinajstić information content (AvgIpc) is 2.92. The zero-order chi connectivity index (χ0) is 31.1. The number of amides is 2. The molecule has 0 heterocycles. The Balaban J connectivity index is 1.69. The number of ether oxygens (including phenoxy) is 2. The fraction of sp³-hybridized carbons (Fsp3) is 0.250. The molecule has 42 heavy (non-hydrogen) atoms. The smallest absolute Gasteiger partial charge is 0.416 e. The number of benzene rings is 3. The zero-order valence-electron chi connectivity index (χ0n) is 21.8. The van der Waals surface area contributed by atoms with Crippen molar-refractivity contribution in [3.63, 3.8) is 0 Å². The van der Waals surface area contributed by atoms with Crippen LogP contribution in [0.15, 0.2) is 66.7 Å². The Morgan fingerprint density at radius 3 is 1.74 bits per heavy atom. The summed E-state index contributed by atoms with van der Waals surface area (Å²) in [5.41, 5.74) is -1.08. The number of carbonyl (C=O) groups excluding carboxylic acids is 3. The minimum atomic E-state index is -4.56. The van der Waals surface area contributed by atoms with Crippen molar-refractivity contribution in [3.8, 4) is 0 Å². The van der Waals surface area contributed by atoms with Crippen LogP contribution in [-0.2, 0) is 44.5 Å². The monoisotopic (exact) mass is 616 g/mol. The van der Waals surface area contributed by atoms with Gasteiger partial charge in [0.05, 0.1) is 29.5 Å². The highest BCUT2D eigenvalue weighted by atomic mass is 35.5. The number of nitrogens with one attached hydrogen (secondary N) is 1. The van der Waals surface area contributed by atoms with Crippen LogP contribution >= 0.6 is 11.6 Å². The van der Waals surface area contributed by atoms with Crippen LogP contribution in [0.5, 0.6) is 0 Å². The molecule has 0 bridgehead atoms. The SMILES string of the molecule is COC(=O)c1cc(Cl)ccc1NC(=O)COCC(=O)N(Cc1ccc(C(F)(F)F)cc1)Cc1ccc(C(F)(F)F)cc1. The standard InChI is InChI=1S/C28H23ClF6N2O5/c1-41-26(40)22-12-21(29)10-11-23(22)36-24(38)15-42-16-25(39)37(13-17-2-6-19(7-3-17)27(30,31)32)14-18-4-8-20(9-5-18)28(33,34)35/h2-12H,13-16H2,1H3,(H,36,38). The summed E-state index contributed by atoms with van der Waals surface area (Å²) in [4.78, 5) is 38.5. The fourth-order valence-electron chi connectivity index (χ4n) is 3.68. The van der Waals surface area contributed by atoms with E-state index in [0.717, 1.165) is 36.3 Å². The van der Waals surface area contributed by atoms with E-state index >= 15 is 0 Å². The largest absolute Gasteiger partial charge is 0.465 e. The number of anilines is 1. The van der Waals surface area contributed by atoms with Gasteiger partial charge in [-0.05, 0) is 53.6 Å². The molecule has 0 aliphatic heterocycles. The minimum Gasteiger partial charge on any atom is -0.465 e. The van der Waals surface area contributed by atoms with Crippen LogP contribution in [0.2, 0.25) is 5.02 Å². The maximum absolute atomic E-state index is 13.0. The van der Waals surface area contributed by atoms with E-state index in [1.54, 1.807) is 0 Å². The lowest BCUT2D eigenvalue weighted by Crippen LogP contribution is -2.34. The summed E-state index contributed by atoms with van der Waals surface area (Å²) in [7, 11) is 1.14. The highest BCUT2D eigenvalue weighted by molar-refractivity contribution is 6.31. The maximum atomic E-state index is 13.0. The molecule has 0 unspecified atom stereocenters. The first-order valence-electron chi connectivity index (χ1n) is 12.0. The van der Waals surface area contributed by atoms with E-state index in [-0.39, 0.29) is 29.4 Å². The summed E-state index contributed by atoms with van der Waals surface area (Å²) >= 11 is 5.89. The van der Waals surface area contributed by atoms with Crippen LogP contribution in [0.25, 0.3) is 0 Å². The molecule has 0 aliphatic rings. The van der Waals surface area contributed by atoms with E-state index in [2.05, 4.69) is 10.1 Å². The van der Waals surface area contributed by atoms with Crippen molar-refractivity contribution < 1.29 is 50.2 Å². The van der Waals surface area contributed by atoms with Gasteiger partial charge in [0.2, 0.25) is 11.8 Å². The number of rotatable bonds is 10. The lowest BCUT2D eigenvalue weighted by atomic mass is 10.1. The van der Waals surface area contributed by atoms with E-state index in [0.29, 0.717) is 11.1 Å². The molecule has 224 valence electrons. The number of alkyl halides is 6. The second-order valence-electron chi connectivity index (χ2n) is 8.86. The van der Waals surface area contributed by atoms with E-state index in [4.69, 9.17) is 16.3 Å². The molecule has 0 saturated heterocycles. The lowest BCUT2D eigenvalue weighted by molar-refractivity contribution is -0.139. The first kappa shape index (κ1) is 32.4. The number of methoxy groups -OCH3 is 1. The highest BCUT2D eigenvalue weighted by Crippen LogP contribution is 2.30. The second-order valence-corrected chi connectivity index (χ2v) is 9.30. The van der Waals surface area contributed by atoms with Gasteiger partial charge in [-0.15, -0.1) is 0 Å². The second kappa shape index (κ2) is 13.7. The predicted octanol–water partition coefficient (Wildman–Crippen LogP) is 6.35. The van der Waals surface area contributed by atoms with E-state index in [9.17, 15) is 40.7 Å². The molecule has 14 heteroatoms. The Bertz CT molecular complexity index is 1350. The summed E-state index contributed by atoms with van der Waals surface area (Å²) in [5, 5.41) is 2.66. The number of esters is 1. The summed E-state index contributed by atoms with van der Waals surface area (Å²) in [6, 6.07) is 12.2. The normalized spacial score (nSPS) is 11.6. The van der Waals surface area contributed by atoms with Gasteiger partial charge >= 0.3 is 18.3 Å². The molecule has 0 aromatic heterocycles. The van der Waals surface area contributed by atoms with Crippen molar-refractivity contribution in [2.24, 2.45) is 0 Å². The third-order valence-electron chi connectivity index (χ3n) is 5.78. The Morgan fingerprint density at radius 2 is 1.29 bits per heavy atom. The van der Waals surface area contributed by atoms with E-state index in [1.165, 1.54) is 42.5 Å². The first-order chi connectivity index (χ1) is 19.7. The summed E-state index contributed by atoms with van der Waals surface area (Å²) < 4.78 is 87.5. The topological polar surface area (TPSA) is 84.9 Å². The number of nitrogens with zero attached hydrogens (tertiary/aromatic N) is 1. The van der Waals surface area contributed by atoms with Crippen LogP contribution in [0.1, 0.15) is 32.6 Å². The first-order valence-corrected chi connectivity index (χ1v) is 12.4. The molecular weight excluding hydrogens is 594 g/mol. The van der Waals surface area contributed by atoms with Gasteiger partial charge in [0.15, 0.2) is 0 Å². The van der Waals surface area contributed by atoms with Gasteiger partial charge in [0.25, 0.3) is 0 Å². The molecule has 2 amide bonds. The Kier molecular flexibility index (Phi) is 10.6. The number of hydrogen-bond acceptors (Lipinski definition) is 5. The Labute approximate surface area is 241 Å². The lowest BCUT2D eigenvalue weighted by Gasteiger charge is -2.23. The van der Waals surface area contributed by atoms with Gasteiger partial charge in [0, 0.05) is 18.1 Å². The third kappa shape index (κ3) is 9.21. The van der Waals surface area contributed by atoms with Crippen molar-refractivity contribution in [2.75, 3.05) is 25.6 Å². The predicted molar refractivity (Wildman–Crippen MR) is 139 cm³/mol. The third-order valence-corrected chi connectivity index (χ3v) is 6.02. The van der Waals surface area contributed by atoms with Crippen molar-refractivity contribution in [1.82, 2.24) is 4.90 Å². The molecule has 0 aliphatic carbocycles. The van der Waals surface area contributed by atoms with Crippen molar-refractivity contribution >= 4 is 35.1 Å². The molecule has 3 aromatic carbocycles. The molecular formula is C28H23ClF6N2O5. The minimum absolute atomic E-state index is 0.0197. The molecule has 0 saturated carbocycles. The quantitative estimate of drug-likeness (QED) is 0.212. The van der Waals surface area contributed by atoms with Gasteiger partial charge in [-0.1, -0.05) is 35.9 Å². The molecule has 7 nitrogen and oxygen atoms in total. The van der Waals surface area contributed by atoms with E-state index < -0.39 is 54.5 Å². The number of carbonyl (C=O) groups is 3. The number of halogens is 7. The zero-order valence-corrected chi connectivity index (χ0v) is 22.6. The van der Waals surface area contributed by atoms with Gasteiger partial charge in [-0.3, -0.25) is 9.59 Å². The van der Waals surface area contributed by atoms with Gasteiger partial charge in [-0.2, -0.15) is 26.3 Å². The average molecular weight is 617 g/mol. The molecule has 0 spiro atoms. The Hall–Kier alpha value is -4.10. The molecule has 3 rings (SSSR count). The van der Waals surface area contributed by atoms with Gasteiger partial charge in [0.1, 0.15) is 13.2 Å². The fourth-order valence-corrected chi connectivity index (χ4v) is 3.86. The molecule has 0 atom stereocenters. The molecule has 1 N–H and O–H groups in total. The van der Waals surface area contributed by atoms with E-state index in [1.807, 2.05) is 0 Å². The van der Waals surface area contributed by atoms with Crippen molar-refractivity contribution in [3.05, 3.63) is 99.6 Å². The molecule has 0 fully saturated rings. The molecule has 3 aromatic rings.